The molecule has 96 valence electrons. The van der Waals surface area contributed by atoms with Crippen LogP contribution in [0.4, 0.5) is 4.39 Å². The van der Waals surface area contributed by atoms with Crippen LogP contribution in [0.15, 0.2) is 24.3 Å². The Morgan fingerprint density at radius 1 is 1.35 bits per heavy atom. The molecule has 0 heterocycles. The van der Waals surface area contributed by atoms with Crippen LogP contribution in [0.2, 0.25) is 0 Å². The molecule has 2 atom stereocenters. The number of hydrogen-bond donors (Lipinski definition) is 1. The lowest BCUT2D eigenvalue weighted by Crippen LogP contribution is -2.30. The van der Waals surface area contributed by atoms with Crippen molar-refractivity contribution in [3.63, 3.8) is 0 Å². The highest BCUT2D eigenvalue weighted by Crippen LogP contribution is 2.22. The smallest absolute Gasteiger partial charge is 0.123 e. The second-order valence-electron chi connectivity index (χ2n) is 3.91. The molecule has 0 spiro atoms. The molecule has 1 rings (SSSR count). The van der Waals surface area contributed by atoms with Gasteiger partial charge in [0.15, 0.2) is 0 Å². The molecule has 0 aromatic heterocycles. The molecule has 4 heteroatoms. The number of methoxy groups -OCH3 is 1. The number of hydrogen-bond acceptors (Lipinski definition) is 3. The van der Waals surface area contributed by atoms with Gasteiger partial charge in [0.2, 0.25) is 0 Å². The first-order valence-corrected chi connectivity index (χ1v) is 5.80. The van der Waals surface area contributed by atoms with E-state index in [1.807, 2.05) is 13.0 Å². The highest BCUT2D eigenvalue weighted by molar-refractivity contribution is 5.20. The van der Waals surface area contributed by atoms with E-state index in [4.69, 9.17) is 15.2 Å². The molecule has 2 unspecified atom stereocenters. The second kappa shape index (κ2) is 7.37. The Labute approximate surface area is 102 Å². The summed E-state index contributed by atoms with van der Waals surface area (Å²) in [6, 6.07) is 6.23. The van der Waals surface area contributed by atoms with Gasteiger partial charge in [0.1, 0.15) is 5.82 Å². The van der Waals surface area contributed by atoms with Gasteiger partial charge >= 0.3 is 0 Å². The molecule has 0 amide bonds. The fourth-order valence-electron chi connectivity index (χ4n) is 1.62. The van der Waals surface area contributed by atoms with Crippen molar-refractivity contribution in [3.05, 3.63) is 35.6 Å². The lowest BCUT2D eigenvalue weighted by atomic mass is 10.0. The van der Waals surface area contributed by atoms with Crippen LogP contribution in [0, 0.1) is 5.82 Å². The number of nitrogens with two attached hydrogens (primary N) is 1. The molecule has 0 saturated heterocycles. The third kappa shape index (κ3) is 4.42. The van der Waals surface area contributed by atoms with E-state index < -0.39 is 0 Å². The summed E-state index contributed by atoms with van der Waals surface area (Å²) in [5.74, 6) is -0.272. The van der Waals surface area contributed by atoms with Gasteiger partial charge in [0.25, 0.3) is 0 Å². The molecule has 0 aliphatic heterocycles. The van der Waals surface area contributed by atoms with Gasteiger partial charge in [0, 0.05) is 13.2 Å². The molecule has 1 aromatic carbocycles. The molecule has 0 aliphatic carbocycles. The first-order chi connectivity index (χ1) is 8.19. The Morgan fingerprint density at radius 3 is 2.71 bits per heavy atom. The highest BCUT2D eigenvalue weighted by atomic mass is 19.1. The SMILES string of the molecule is CCC(N)C(OCCOC)c1cccc(F)c1. The monoisotopic (exact) mass is 241 g/mol. The van der Waals surface area contributed by atoms with E-state index in [0.717, 1.165) is 12.0 Å². The van der Waals surface area contributed by atoms with Crippen LogP contribution in [0.1, 0.15) is 25.0 Å². The van der Waals surface area contributed by atoms with Crippen molar-refractivity contribution in [3.8, 4) is 0 Å². The number of halogens is 1. The molecule has 1 aromatic rings. The van der Waals surface area contributed by atoms with Crippen LogP contribution in [-0.2, 0) is 9.47 Å². The third-order valence-electron chi connectivity index (χ3n) is 2.62. The Balaban J connectivity index is 2.74. The van der Waals surface area contributed by atoms with E-state index >= 15 is 0 Å². The highest BCUT2D eigenvalue weighted by Gasteiger charge is 2.19. The van der Waals surface area contributed by atoms with Gasteiger partial charge in [-0.3, -0.25) is 0 Å². The maximum atomic E-state index is 13.2. The second-order valence-corrected chi connectivity index (χ2v) is 3.91. The van der Waals surface area contributed by atoms with Gasteiger partial charge in [-0.1, -0.05) is 19.1 Å². The van der Waals surface area contributed by atoms with Gasteiger partial charge < -0.3 is 15.2 Å². The largest absolute Gasteiger partial charge is 0.382 e. The maximum absolute atomic E-state index is 13.2. The lowest BCUT2D eigenvalue weighted by molar-refractivity contribution is 0.00260. The van der Waals surface area contributed by atoms with Crippen molar-refractivity contribution in [1.82, 2.24) is 0 Å². The number of rotatable bonds is 7. The minimum Gasteiger partial charge on any atom is -0.382 e. The van der Waals surface area contributed by atoms with Crippen LogP contribution < -0.4 is 5.73 Å². The fraction of sp³-hybridized carbons (Fsp3) is 0.538. The summed E-state index contributed by atoms with van der Waals surface area (Å²) in [6.07, 6.45) is 0.486. The van der Waals surface area contributed by atoms with E-state index in [0.29, 0.717) is 13.2 Å². The minimum absolute atomic E-state index is 0.145. The average molecular weight is 241 g/mol. The molecular formula is C13H20FNO2. The molecule has 0 saturated carbocycles. The average Bonchev–Trinajstić information content (AvgIpc) is 2.34. The van der Waals surface area contributed by atoms with Crippen LogP contribution in [-0.4, -0.2) is 26.4 Å². The van der Waals surface area contributed by atoms with E-state index in [1.165, 1.54) is 12.1 Å². The summed E-state index contributed by atoms with van der Waals surface area (Å²) in [6.45, 7) is 2.93. The molecule has 0 bridgehead atoms. The Hall–Kier alpha value is -0.970. The minimum atomic E-state index is -0.286. The summed E-state index contributed by atoms with van der Waals surface area (Å²) < 4.78 is 23.7. The zero-order chi connectivity index (χ0) is 12.7. The van der Waals surface area contributed by atoms with Gasteiger partial charge in [-0.25, -0.2) is 4.39 Å². The molecule has 3 nitrogen and oxygen atoms in total. The summed E-state index contributed by atoms with van der Waals surface area (Å²) in [5.41, 5.74) is 6.77. The summed E-state index contributed by atoms with van der Waals surface area (Å²) in [4.78, 5) is 0. The maximum Gasteiger partial charge on any atom is 0.123 e. The van der Waals surface area contributed by atoms with E-state index in [1.54, 1.807) is 13.2 Å². The molecule has 0 fully saturated rings. The van der Waals surface area contributed by atoms with Crippen molar-refractivity contribution in [2.75, 3.05) is 20.3 Å². The third-order valence-corrected chi connectivity index (χ3v) is 2.62. The zero-order valence-corrected chi connectivity index (χ0v) is 10.4. The number of benzene rings is 1. The summed E-state index contributed by atoms with van der Waals surface area (Å²) >= 11 is 0. The summed E-state index contributed by atoms with van der Waals surface area (Å²) in [7, 11) is 1.61. The molecule has 17 heavy (non-hydrogen) atoms. The van der Waals surface area contributed by atoms with Crippen molar-refractivity contribution in [2.24, 2.45) is 5.73 Å². The van der Waals surface area contributed by atoms with Gasteiger partial charge in [0.05, 0.1) is 19.3 Å². The van der Waals surface area contributed by atoms with Crippen LogP contribution >= 0.6 is 0 Å². The lowest BCUT2D eigenvalue weighted by Gasteiger charge is -2.23. The standard InChI is InChI=1S/C13H20FNO2/c1-3-12(15)13(17-8-7-16-2)10-5-4-6-11(14)9-10/h4-6,9,12-13H,3,7-8,15H2,1-2H3. The first-order valence-electron chi connectivity index (χ1n) is 5.80. The zero-order valence-electron chi connectivity index (χ0n) is 10.4. The van der Waals surface area contributed by atoms with Gasteiger partial charge in [-0.2, -0.15) is 0 Å². The van der Waals surface area contributed by atoms with Gasteiger partial charge in [-0.05, 0) is 24.1 Å². The van der Waals surface area contributed by atoms with Crippen molar-refractivity contribution in [2.45, 2.75) is 25.5 Å². The topological polar surface area (TPSA) is 44.5 Å². The quantitative estimate of drug-likeness (QED) is 0.745. The van der Waals surface area contributed by atoms with E-state index in [-0.39, 0.29) is 18.0 Å². The molecule has 0 aliphatic rings. The summed E-state index contributed by atoms with van der Waals surface area (Å²) in [5, 5.41) is 0. The van der Waals surface area contributed by atoms with Gasteiger partial charge in [-0.15, -0.1) is 0 Å². The van der Waals surface area contributed by atoms with E-state index in [2.05, 4.69) is 0 Å². The van der Waals surface area contributed by atoms with Crippen molar-refractivity contribution in [1.29, 1.82) is 0 Å². The molecular weight excluding hydrogens is 221 g/mol. The van der Waals surface area contributed by atoms with Crippen molar-refractivity contribution >= 4 is 0 Å². The van der Waals surface area contributed by atoms with Crippen molar-refractivity contribution < 1.29 is 13.9 Å². The van der Waals surface area contributed by atoms with Crippen LogP contribution in [0.3, 0.4) is 0 Å². The molecule has 0 radical (unpaired) electrons. The van der Waals surface area contributed by atoms with Crippen LogP contribution in [0.5, 0.6) is 0 Å². The fourth-order valence-corrected chi connectivity index (χ4v) is 1.62. The van der Waals surface area contributed by atoms with Crippen LogP contribution in [0.25, 0.3) is 0 Å². The predicted molar refractivity (Wildman–Crippen MR) is 65.2 cm³/mol. The Kier molecular flexibility index (Phi) is 6.11. The Morgan fingerprint density at radius 2 is 2.12 bits per heavy atom. The van der Waals surface area contributed by atoms with E-state index in [9.17, 15) is 4.39 Å². The number of ether oxygens (including phenoxy) is 2. The molecule has 2 N–H and O–H groups in total. The first kappa shape index (κ1) is 14.1. The Bertz CT molecular complexity index is 333. The normalized spacial score (nSPS) is 14.6. The predicted octanol–water partition coefficient (Wildman–Crippen LogP) is 2.27.